The van der Waals surface area contributed by atoms with E-state index in [1.807, 2.05) is 28.1 Å². The van der Waals surface area contributed by atoms with Crippen molar-refractivity contribution in [1.82, 2.24) is 0 Å². The fraction of sp³-hybridized carbons (Fsp3) is 0.500. The smallest absolute Gasteiger partial charge is 0.200 e. The molecule has 2 aliphatic rings. The predicted molar refractivity (Wildman–Crippen MR) is 66.4 cm³/mol. The van der Waals surface area contributed by atoms with Gasteiger partial charge in [0.05, 0.1) is 5.55 Å². The van der Waals surface area contributed by atoms with Crippen LogP contribution in [0, 0.1) is 0 Å². The fourth-order valence-electron chi connectivity index (χ4n) is 0.724. The van der Waals surface area contributed by atoms with Crippen LogP contribution < -0.4 is 0 Å². The zero-order valence-electron chi connectivity index (χ0n) is 6.68. The molecule has 0 aliphatic carbocycles. The lowest BCUT2D eigenvalue weighted by Gasteiger charge is -2.02. The van der Waals surface area contributed by atoms with E-state index in [1.165, 1.54) is 4.38 Å². The van der Waals surface area contributed by atoms with Gasteiger partial charge in [-0.15, -0.1) is 0 Å². The van der Waals surface area contributed by atoms with Crippen molar-refractivity contribution in [2.75, 3.05) is 0 Å². The van der Waals surface area contributed by atoms with Crippen LogP contribution in [0.2, 0.25) is 0 Å². The highest BCUT2D eigenvalue weighted by molar-refractivity contribution is 9.21. The van der Waals surface area contributed by atoms with Gasteiger partial charge in [-0.05, 0) is 30.1 Å². The summed E-state index contributed by atoms with van der Waals surface area (Å²) in [6.45, 7) is 4.37. The minimum absolute atomic E-state index is 0.189. The molecule has 0 aromatic heterocycles. The normalized spacial score (nSPS) is 26.8. The molecule has 0 saturated heterocycles. The van der Waals surface area contributed by atoms with E-state index in [-0.39, 0.29) is 8.55 Å². The summed E-state index contributed by atoms with van der Waals surface area (Å²) in [4.78, 5) is 8.64. The Bertz CT molecular complexity index is 292. The van der Waals surface area contributed by atoms with E-state index in [9.17, 15) is 0 Å². The van der Waals surface area contributed by atoms with Crippen molar-refractivity contribution in [3.8, 4) is 0 Å². The van der Waals surface area contributed by atoms with Crippen LogP contribution in [0.4, 0.5) is 0 Å². The van der Waals surface area contributed by atoms with Crippen LogP contribution in [-0.2, 0) is 0 Å². The summed E-state index contributed by atoms with van der Waals surface area (Å²) in [6.07, 6.45) is 0. The second kappa shape index (κ2) is 3.77. The highest BCUT2D eigenvalue weighted by Crippen LogP contribution is 2.53. The van der Waals surface area contributed by atoms with Gasteiger partial charge >= 0.3 is 0 Å². The van der Waals surface area contributed by atoms with Crippen molar-refractivity contribution in [2.45, 2.75) is 19.1 Å². The van der Waals surface area contributed by atoms with Gasteiger partial charge < -0.3 is 0 Å². The Balaban J connectivity index is 2.03. The minimum atomic E-state index is 0.189. The van der Waals surface area contributed by atoms with E-state index >= 15 is 0 Å². The number of aliphatic imine (C=N–C) groups is 2. The Morgan fingerprint density at radius 1 is 1.58 bits per heavy atom. The summed E-state index contributed by atoms with van der Waals surface area (Å²) in [5, 5.41) is 1.64. The van der Waals surface area contributed by atoms with E-state index in [0.717, 1.165) is 5.11 Å². The number of hydrogen-bond acceptors (Lipinski definition) is 5. The molecule has 0 fully saturated rings. The standard InChI is InChI=1S/C6H8N2S4/c1-4(2)10-6-8-5-7-3-9-12(5)11-6/h3-4H,1-2H3. The second-order valence-corrected chi connectivity index (χ2v) is 9.80. The van der Waals surface area contributed by atoms with Crippen molar-refractivity contribution < 1.29 is 0 Å². The molecule has 0 saturated carbocycles. The third-order valence-corrected chi connectivity index (χ3v) is 7.90. The lowest BCUT2D eigenvalue weighted by molar-refractivity contribution is 1.12. The molecular formula is C6H8N2S4. The first kappa shape index (κ1) is 9.18. The minimum Gasteiger partial charge on any atom is -0.223 e. The third-order valence-electron chi connectivity index (χ3n) is 1.11. The van der Waals surface area contributed by atoms with E-state index in [4.69, 9.17) is 0 Å². The van der Waals surface area contributed by atoms with Crippen LogP contribution in [0.1, 0.15) is 13.8 Å². The highest BCUT2D eigenvalue weighted by atomic mass is 33.5. The maximum Gasteiger partial charge on any atom is 0.200 e. The molecule has 2 nitrogen and oxygen atoms in total. The summed E-state index contributed by atoms with van der Waals surface area (Å²) in [5.41, 5.74) is 1.89. The maximum absolute atomic E-state index is 4.44. The molecule has 2 heterocycles. The third kappa shape index (κ3) is 1.92. The molecule has 0 radical (unpaired) electrons. The van der Waals surface area contributed by atoms with Crippen LogP contribution in [0.15, 0.2) is 9.98 Å². The summed E-state index contributed by atoms with van der Waals surface area (Å²) in [7, 11) is 3.82. The van der Waals surface area contributed by atoms with Gasteiger partial charge in [0.1, 0.15) is 4.38 Å². The number of rotatable bonds is 1. The molecule has 0 spiro atoms. The van der Waals surface area contributed by atoms with Gasteiger partial charge in [0, 0.05) is 5.25 Å². The number of nitrogens with zero attached hydrogens (tertiary/aromatic N) is 2. The molecule has 0 bridgehead atoms. The average molecular weight is 236 g/mol. The molecule has 1 unspecified atom stereocenters. The largest absolute Gasteiger partial charge is 0.223 e. The van der Waals surface area contributed by atoms with Crippen LogP contribution >= 0.6 is 41.9 Å². The molecule has 0 aromatic rings. The van der Waals surface area contributed by atoms with Crippen molar-refractivity contribution in [3.63, 3.8) is 0 Å². The topological polar surface area (TPSA) is 24.7 Å². The molecule has 6 heteroatoms. The summed E-state index contributed by atoms with van der Waals surface area (Å²) in [5.74, 6) is 0. The molecule has 2 rings (SSSR count). The first-order chi connectivity index (χ1) is 5.75. The van der Waals surface area contributed by atoms with Gasteiger partial charge in [0.15, 0.2) is 0 Å². The SMILES string of the molecule is CC(C)SC1=NC2=S(SC=N2)S1. The van der Waals surface area contributed by atoms with Gasteiger partial charge in [0.25, 0.3) is 0 Å². The van der Waals surface area contributed by atoms with Gasteiger partial charge in [-0.25, -0.2) is 9.98 Å². The molecule has 66 valence electrons. The quantitative estimate of drug-likeness (QED) is 0.516. The Morgan fingerprint density at radius 3 is 3.08 bits per heavy atom. The summed E-state index contributed by atoms with van der Waals surface area (Å²) >= 11 is 1.83. The van der Waals surface area contributed by atoms with E-state index in [2.05, 4.69) is 23.8 Å². The van der Waals surface area contributed by atoms with Gasteiger partial charge in [-0.3, -0.25) is 0 Å². The van der Waals surface area contributed by atoms with Crippen LogP contribution in [0.5, 0.6) is 0 Å². The Kier molecular flexibility index (Phi) is 2.89. The summed E-state index contributed by atoms with van der Waals surface area (Å²) < 4.78 is 1.19. The highest BCUT2D eigenvalue weighted by Gasteiger charge is 2.21. The lowest BCUT2D eigenvalue weighted by Crippen LogP contribution is -1.92. The lowest BCUT2D eigenvalue weighted by atomic mass is 10.6. The summed E-state index contributed by atoms with van der Waals surface area (Å²) in [6, 6.07) is 0. The van der Waals surface area contributed by atoms with Crippen molar-refractivity contribution in [3.05, 3.63) is 0 Å². The average Bonchev–Trinajstić information content (AvgIpc) is 2.43. The van der Waals surface area contributed by atoms with Crippen molar-refractivity contribution in [1.29, 1.82) is 0 Å². The zero-order valence-corrected chi connectivity index (χ0v) is 9.95. The molecule has 2 aliphatic heterocycles. The molecule has 0 amide bonds. The second-order valence-electron chi connectivity index (χ2n) is 2.48. The Labute approximate surface area is 85.8 Å². The first-order valence-electron chi connectivity index (χ1n) is 3.50. The Morgan fingerprint density at radius 2 is 2.42 bits per heavy atom. The van der Waals surface area contributed by atoms with E-state index < -0.39 is 0 Å². The number of thioether (sulfide) groups is 1. The van der Waals surface area contributed by atoms with Gasteiger partial charge in [-0.1, -0.05) is 25.6 Å². The van der Waals surface area contributed by atoms with Crippen LogP contribution in [-0.4, -0.2) is 20.3 Å². The Hall–Kier alpha value is 0.610. The molecule has 1 atom stereocenters. The van der Waals surface area contributed by atoms with Crippen molar-refractivity contribution >= 4 is 56.9 Å². The van der Waals surface area contributed by atoms with E-state index in [1.54, 1.807) is 10.8 Å². The van der Waals surface area contributed by atoms with Gasteiger partial charge in [-0.2, -0.15) is 0 Å². The number of hydrogen-bond donors (Lipinski definition) is 0. The predicted octanol–water partition coefficient (Wildman–Crippen LogP) is 3.19. The zero-order chi connectivity index (χ0) is 8.55. The molecule has 0 N–H and O–H groups in total. The van der Waals surface area contributed by atoms with Crippen molar-refractivity contribution in [2.24, 2.45) is 9.98 Å². The molecule has 0 aromatic carbocycles. The van der Waals surface area contributed by atoms with Gasteiger partial charge in [0.2, 0.25) is 5.11 Å². The van der Waals surface area contributed by atoms with E-state index in [0.29, 0.717) is 5.25 Å². The first-order valence-corrected chi connectivity index (χ1v) is 8.34. The van der Waals surface area contributed by atoms with Crippen LogP contribution in [0.3, 0.4) is 0 Å². The monoisotopic (exact) mass is 236 g/mol. The molecule has 12 heavy (non-hydrogen) atoms. The fourth-order valence-corrected chi connectivity index (χ4v) is 7.71. The van der Waals surface area contributed by atoms with Crippen LogP contribution in [0.25, 0.3) is 0 Å². The maximum atomic E-state index is 4.44. The molecular weight excluding hydrogens is 228 g/mol.